The van der Waals surface area contributed by atoms with Crippen LogP contribution in [0.5, 0.6) is 0 Å². The second kappa shape index (κ2) is 7.05. The van der Waals surface area contributed by atoms with Crippen LogP contribution in [0.15, 0.2) is 48.5 Å². The van der Waals surface area contributed by atoms with Crippen LogP contribution in [0.3, 0.4) is 0 Å². The molecule has 0 spiro atoms. The highest BCUT2D eigenvalue weighted by atomic mass is 19.1. The molecule has 0 bridgehead atoms. The van der Waals surface area contributed by atoms with Gasteiger partial charge in [0.2, 0.25) is 5.91 Å². The Balaban J connectivity index is 1.91. The predicted octanol–water partition coefficient (Wildman–Crippen LogP) is 3.45. The number of hydrogen-bond donors (Lipinski definition) is 0. The van der Waals surface area contributed by atoms with Crippen molar-refractivity contribution in [2.45, 2.75) is 31.7 Å². The van der Waals surface area contributed by atoms with Crippen molar-refractivity contribution in [1.29, 1.82) is 0 Å². The third-order valence-corrected chi connectivity index (χ3v) is 4.61. The van der Waals surface area contributed by atoms with Crippen molar-refractivity contribution in [3.8, 4) is 0 Å². The Morgan fingerprint density at radius 2 is 1.84 bits per heavy atom. The molecular weight excluding hydrogens is 321 g/mol. The largest absolute Gasteiger partial charge is 0.469 e. The van der Waals surface area contributed by atoms with Crippen molar-refractivity contribution in [1.82, 2.24) is 0 Å². The predicted molar refractivity (Wildman–Crippen MR) is 92.9 cm³/mol. The van der Waals surface area contributed by atoms with Crippen LogP contribution in [0.4, 0.5) is 10.1 Å². The summed E-state index contributed by atoms with van der Waals surface area (Å²) in [5.41, 5.74) is 2.30. The number of amides is 1. The van der Waals surface area contributed by atoms with E-state index in [0.29, 0.717) is 6.42 Å². The molecule has 0 N–H and O–H groups in total. The number of carbonyl (C=O) groups excluding carboxylic acids is 2. The average molecular weight is 341 g/mol. The van der Waals surface area contributed by atoms with Crippen molar-refractivity contribution in [3.05, 3.63) is 65.5 Å². The van der Waals surface area contributed by atoms with Crippen LogP contribution in [-0.2, 0) is 20.7 Å². The lowest BCUT2D eigenvalue weighted by Gasteiger charge is -2.38. The molecule has 0 fully saturated rings. The van der Waals surface area contributed by atoms with Crippen LogP contribution >= 0.6 is 0 Å². The summed E-state index contributed by atoms with van der Waals surface area (Å²) in [6.45, 7) is 1.93. The van der Waals surface area contributed by atoms with Crippen LogP contribution in [-0.4, -0.2) is 25.0 Å². The van der Waals surface area contributed by atoms with Gasteiger partial charge in [0.15, 0.2) is 0 Å². The summed E-state index contributed by atoms with van der Waals surface area (Å²) >= 11 is 0. The van der Waals surface area contributed by atoms with E-state index < -0.39 is 0 Å². The van der Waals surface area contributed by atoms with Gasteiger partial charge in [-0.05, 0) is 42.7 Å². The van der Waals surface area contributed by atoms with Gasteiger partial charge in [0.1, 0.15) is 5.82 Å². The summed E-state index contributed by atoms with van der Waals surface area (Å²) < 4.78 is 18.0. The number of esters is 1. The zero-order valence-electron chi connectivity index (χ0n) is 14.2. The Labute approximate surface area is 146 Å². The molecule has 0 saturated heterocycles. The van der Waals surface area contributed by atoms with E-state index >= 15 is 0 Å². The van der Waals surface area contributed by atoms with Gasteiger partial charge in [0.25, 0.3) is 0 Å². The monoisotopic (exact) mass is 341 g/mol. The van der Waals surface area contributed by atoms with Crippen molar-refractivity contribution < 1.29 is 18.7 Å². The SMILES string of the molecule is COC(=O)C1CC(C)N(C(=O)Cc2ccc(F)cc2)c2ccccc21. The zero-order chi connectivity index (χ0) is 18.0. The number of halogens is 1. The molecule has 1 aliphatic rings. The van der Waals surface area contributed by atoms with E-state index in [-0.39, 0.29) is 36.1 Å². The Hall–Kier alpha value is -2.69. The van der Waals surface area contributed by atoms with Gasteiger partial charge in [-0.2, -0.15) is 0 Å². The third kappa shape index (κ3) is 3.40. The summed E-state index contributed by atoms with van der Waals surface area (Å²) in [6, 6.07) is 13.2. The van der Waals surface area contributed by atoms with E-state index in [1.807, 2.05) is 31.2 Å². The van der Waals surface area contributed by atoms with E-state index in [2.05, 4.69) is 0 Å². The number of nitrogens with zero attached hydrogens (tertiary/aromatic N) is 1. The molecule has 1 amide bonds. The van der Waals surface area contributed by atoms with Crippen LogP contribution in [0.2, 0.25) is 0 Å². The number of rotatable bonds is 3. The van der Waals surface area contributed by atoms with Gasteiger partial charge in [0.05, 0.1) is 19.4 Å². The number of anilines is 1. The Morgan fingerprint density at radius 3 is 2.52 bits per heavy atom. The highest BCUT2D eigenvalue weighted by Crippen LogP contribution is 2.39. The molecule has 130 valence electrons. The molecule has 1 heterocycles. The lowest BCUT2D eigenvalue weighted by Crippen LogP contribution is -2.45. The fourth-order valence-corrected chi connectivity index (χ4v) is 3.42. The number of benzene rings is 2. The molecule has 5 heteroatoms. The average Bonchev–Trinajstić information content (AvgIpc) is 2.62. The van der Waals surface area contributed by atoms with E-state index in [4.69, 9.17) is 4.74 Å². The van der Waals surface area contributed by atoms with Gasteiger partial charge in [0, 0.05) is 11.7 Å². The molecule has 0 aliphatic carbocycles. The smallest absolute Gasteiger partial charge is 0.313 e. The maximum Gasteiger partial charge on any atom is 0.313 e. The van der Waals surface area contributed by atoms with E-state index in [1.54, 1.807) is 17.0 Å². The topological polar surface area (TPSA) is 46.6 Å². The standard InChI is InChI=1S/C20H20FNO3/c1-13-11-17(20(24)25-2)16-5-3-4-6-18(16)22(13)19(23)12-14-7-9-15(21)10-8-14/h3-10,13,17H,11-12H2,1-2H3. The first-order valence-electron chi connectivity index (χ1n) is 8.24. The number of methoxy groups -OCH3 is 1. The highest BCUT2D eigenvalue weighted by molar-refractivity contribution is 5.98. The summed E-state index contributed by atoms with van der Waals surface area (Å²) in [6.07, 6.45) is 0.695. The van der Waals surface area contributed by atoms with Crippen molar-refractivity contribution in [2.24, 2.45) is 0 Å². The molecule has 1 aliphatic heterocycles. The van der Waals surface area contributed by atoms with Gasteiger partial charge in [-0.3, -0.25) is 9.59 Å². The molecule has 0 saturated carbocycles. The number of hydrogen-bond acceptors (Lipinski definition) is 3. The molecule has 25 heavy (non-hydrogen) atoms. The summed E-state index contributed by atoms with van der Waals surface area (Å²) in [5, 5.41) is 0. The second-order valence-corrected chi connectivity index (χ2v) is 6.29. The second-order valence-electron chi connectivity index (χ2n) is 6.29. The van der Waals surface area contributed by atoms with E-state index in [1.165, 1.54) is 19.2 Å². The summed E-state index contributed by atoms with van der Waals surface area (Å²) in [5.74, 6) is -1.06. The molecule has 2 aromatic carbocycles. The normalized spacial score (nSPS) is 19.2. The molecule has 2 unspecified atom stereocenters. The first-order valence-corrected chi connectivity index (χ1v) is 8.24. The van der Waals surface area contributed by atoms with Gasteiger partial charge in [-0.1, -0.05) is 30.3 Å². The Bertz CT molecular complexity index is 788. The number of carbonyl (C=O) groups is 2. The number of ether oxygens (including phenoxy) is 1. The third-order valence-electron chi connectivity index (χ3n) is 4.61. The molecular formula is C20H20FNO3. The maximum atomic E-state index is 13.1. The minimum Gasteiger partial charge on any atom is -0.469 e. The quantitative estimate of drug-likeness (QED) is 0.804. The van der Waals surface area contributed by atoms with Gasteiger partial charge in [-0.15, -0.1) is 0 Å². The lowest BCUT2D eigenvalue weighted by atomic mass is 9.85. The lowest BCUT2D eigenvalue weighted by molar-refractivity contribution is -0.143. The Morgan fingerprint density at radius 1 is 1.16 bits per heavy atom. The highest BCUT2D eigenvalue weighted by Gasteiger charge is 2.37. The number of fused-ring (bicyclic) bond motifs is 1. The van der Waals surface area contributed by atoms with Gasteiger partial charge < -0.3 is 9.64 Å². The fraction of sp³-hybridized carbons (Fsp3) is 0.300. The fourth-order valence-electron chi connectivity index (χ4n) is 3.42. The van der Waals surface area contributed by atoms with Crippen molar-refractivity contribution >= 4 is 17.6 Å². The summed E-state index contributed by atoms with van der Waals surface area (Å²) in [4.78, 5) is 26.7. The van der Waals surface area contributed by atoms with Crippen molar-refractivity contribution in [2.75, 3.05) is 12.0 Å². The molecule has 0 radical (unpaired) electrons. The van der Waals surface area contributed by atoms with Crippen LogP contribution < -0.4 is 4.90 Å². The molecule has 3 rings (SSSR count). The van der Waals surface area contributed by atoms with E-state index in [0.717, 1.165) is 16.8 Å². The van der Waals surface area contributed by atoms with Crippen LogP contribution in [0, 0.1) is 5.82 Å². The first kappa shape index (κ1) is 17.1. The number of para-hydroxylation sites is 1. The zero-order valence-corrected chi connectivity index (χ0v) is 14.2. The van der Waals surface area contributed by atoms with Crippen molar-refractivity contribution in [3.63, 3.8) is 0 Å². The molecule has 4 nitrogen and oxygen atoms in total. The van der Waals surface area contributed by atoms with Gasteiger partial charge >= 0.3 is 5.97 Å². The maximum absolute atomic E-state index is 13.1. The Kier molecular flexibility index (Phi) is 4.83. The summed E-state index contributed by atoms with van der Waals surface area (Å²) in [7, 11) is 1.38. The minimum atomic E-state index is -0.369. The van der Waals surface area contributed by atoms with Crippen LogP contribution in [0.1, 0.15) is 30.4 Å². The molecule has 2 aromatic rings. The first-order chi connectivity index (χ1) is 12.0. The van der Waals surface area contributed by atoms with Crippen LogP contribution in [0.25, 0.3) is 0 Å². The van der Waals surface area contributed by atoms with E-state index in [9.17, 15) is 14.0 Å². The van der Waals surface area contributed by atoms with Gasteiger partial charge in [-0.25, -0.2) is 4.39 Å². The molecule has 0 aromatic heterocycles. The minimum absolute atomic E-state index is 0.0742. The molecule has 2 atom stereocenters.